The number of alkyl halides is 3. The summed E-state index contributed by atoms with van der Waals surface area (Å²) >= 11 is 5.80. The van der Waals surface area contributed by atoms with Crippen LogP contribution in [0.5, 0.6) is 0 Å². The van der Waals surface area contributed by atoms with E-state index >= 15 is 0 Å². The van der Waals surface area contributed by atoms with Crippen LogP contribution in [0.15, 0.2) is 36.4 Å². The first-order valence-corrected chi connectivity index (χ1v) is 10.7. The van der Waals surface area contributed by atoms with Gasteiger partial charge in [-0.15, -0.1) is 0 Å². The van der Waals surface area contributed by atoms with Gasteiger partial charge < -0.3 is 14.9 Å². The van der Waals surface area contributed by atoms with Gasteiger partial charge in [-0.1, -0.05) is 11.6 Å². The van der Waals surface area contributed by atoms with Crippen LogP contribution in [0.3, 0.4) is 0 Å². The van der Waals surface area contributed by atoms with E-state index in [1.54, 1.807) is 15.9 Å². The summed E-state index contributed by atoms with van der Waals surface area (Å²) in [5, 5.41) is 19.1. The zero-order valence-electron chi connectivity index (χ0n) is 17.4. The van der Waals surface area contributed by atoms with E-state index in [-0.39, 0.29) is 42.1 Å². The minimum absolute atomic E-state index is 0.0425. The molecule has 2 saturated heterocycles. The van der Waals surface area contributed by atoms with Gasteiger partial charge in [-0.05, 0) is 48.7 Å². The molecule has 0 unspecified atom stereocenters. The Kier molecular flexibility index (Phi) is 6.01. The number of aliphatic hydroxyl groups excluding tert-OH is 1. The molecule has 0 aliphatic carbocycles. The van der Waals surface area contributed by atoms with Crippen molar-refractivity contribution in [3.63, 3.8) is 0 Å². The van der Waals surface area contributed by atoms with Crippen molar-refractivity contribution in [3.05, 3.63) is 63.9 Å². The molecule has 2 heterocycles. The molecule has 4 rings (SSSR count). The molecule has 2 aliphatic heterocycles. The summed E-state index contributed by atoms with van der Waals surface area (Å²) in [6.45, 7) is 1.04. The molecule has 33 heavy (non-hydrogen) atoms. The molecule has 2 atom stereocenters. The van der Waals surface area contributed by atoms with Gasteiger partial charge in [0.25, 0.3) is 5.91 Å². The summed E-state index contributed by atoms with van der Waals surface area (Å²) in [5.41, 5.74) is -1.63. The predicted octanol–water partition coefficient (Wildman–Crippen LogP) is 4.33. The molecule has 0 spiro atoms. The van der Waals surface area contributed by atoms with Crippen molar-refractivity contribution < 1.29 is 27.5 Å². The zero-order chi connectivity index (χ0) is 24.0. The second-order valence-corrected chi connectivity index (χ2v) is 8.99. The maximum Gasteiger partial charge on any atom is 0.417 e. The number of rotatable bonds is 3. The number of nitrogens with zero attached hydrogens (tertiary/aromatic N) is 3. The number of hydrogen-bond donors (Lipinski definition) is 1. The standard InChI is InChI=1S/C23H20ClF4N3O2/c24-19-7-14(2-4-20(19)25)21(33)31-10-16-5-6-30(11-22(16,12-31)13-32)17-3-1-15(9-29)18(8-17)23(26,27)28/h1-4,7-8,16,32H,5-6,10-13H2/t16-,22+/m1/s1. The number of carbonyl (C=O) groups excluding carboxylic acids is 1. The Labute approximate surface area is 192 Å². The smallest absolute Gasteiger partial charge is 0.396 e. The highest BCUT2D eigenvalue weighted by Crippen LogP contribution is 2.44. The fourth-order valence-electron chi connectivity index (χ4n) is 4.86. The van der Waals surface area contributed by atoms with Gasteiger partial charge in [-0.25, -0.2) is 4.39 Å². The summed E-state index contributed by atoms with van der Waals surface area (Å²) < 4.78 is 53.7. The van der Waals surface area contributed by atoms with E-state index in [4.69, 9.17) is 16.9 Å². The summed E-state index contributed by atoms with van der Waals surface area (Å²) in [4.78, 5) is 16.3. The highest BCUT2D eigenvalue weighted by molar-refractivity contribution is 6.31. The summed E-state index contributed by atoms with van der Waals surface area (Å²) in [7, 11) is 0. The molecule has 0 aromatic heterocycles. The number of carbonyl (C=O) groups is 1. The van der Waals surface area contributed by atoms with Gasteiger partial charge in [0, 0.05) is 42.8 Å². The molecule has 174 valence electrons. The summed E-state index contributed by atoms with van der Waals surface area (Å²) in [5.74, 6) is -1.02. The minimum atomic E-state index is -4.67. The molecule has 1 N–H and O–H groups in total. The number of amides is 1. The topological polar surface area (TPSA) is 67.6 Å². The maximum atomic E-state index is 13.5. The first-order valence-electron chi connectivity index (χ1n) is 10.3. The van der Waals surface area contributed by atoms with Crippen LogP contribution in [0.4, 0.5) is 23.2 Å². The van der Waals surface area contributed by atoms with Crippen molar-refractivity contribution >= 4 is 23.2 Å². The Morgan fingerprint density at radius 1 is 1.24 bits per heavy atom. The van der Waals surface area contributed by atoms with Crippen LogP contribution in [-0.4, -0.2) is 48.7 Å². The van der Waals surface area contributed by atoms with Crippen LogP contribution in [0.2, 0.25) is 5.02 Å². The van der Waals surface area contributed by atoms with E-state index in [2.05, 4.69) is 0 Å². The molecule has 1 amide bonds. The molecule has 0 saturated carbocycles. The van der Waals surface area contributed by atoms with E-state index in [9.17, 15) is 27.5 Å². The monoisotopic (exact) mass is 481 g/mol. The van der Waals surface area contributed by atoms with Crippen molar-refractivity contribution in [2.45, 2.75) is 12.6 Å². The molecule has 2 aliphatic rings. The molecule has 0 radical (unpaired) electrons. The fourth-order valence-corrected chi connectivity index (χ4v) is 5.04. The van der Waals surface area contributed by atoms with Gasteiger partial charge in [0.2, 0.25) is 0 Å². The third-order valence-corrected chi connectivity index (χ3v) is 6.92. The fraction of sp³-hybridized carbons (Fsp3) is 0.391. The van der Waals surface area contributed by atoms with Crippen LogP contribution in [-0.2, 0) is 6.18 Å². The highest BCUT2D eigenvalue weighted by Gasteiger charge is 2.51. The van der Waals surface area contributed by atoms with E-state index in [1.807, 2.05) is 0 Å². The first kappa shape index (κ1) is 23.3. The maximum absolute atomic E-state index is 13.5. The number of aliphatic hydroxyl groups is 1. The van der Waals surface area contributed by atoms with Crippen LogP contribution >= 0.6 is 11.6 Å². The van der Waals surface area contributed by atoms with Crippen molar-refractivity contribution in [2.75, 3.05) is 37.7 Å². The number of hydrogen-bond acceptors (Lipinski definition) is 4. The molecule has 2 fully saturated rings. The lowest BCUT2D eigenvalue weighted by molar-refractivity contribution is -0.137. The van der Waals surface area contributed by atoms with E-state index in [0.29, 0.717) is 25.2 Å². The lowest BCUT2D eigenvalue weighted by Crippen LogP contribution is -2.51. The van der Waals surface area contributed by atoms with Gasteiger partial charge in [0.15, 0.2) is 0 Å². The van der Waals surface area contributed by atoms with Crippen molar-refractivity contribution in [2.24, 2.45) is 11.3 Å². The van der Waals surface area contributed by atoms with Gasteiger partial charge in [-0.3, -0.25) is 4.79 Å². The van der Waals surface area contributed by atoms with Gasteiger partial charge in [0.1, 0.15) is 5.82 Å². The largest absolute Gasteiger partial charge is 0.417 e. The molecule has 5 nitrogen and oxygen atoms in total. The van der Waals surface area contributed by atoms with Crippen LogP contribution in [0.25, 0.3) is 0 Å². The summed E-state index contributed by atoms with van der Waals surface area (Å²) in [6, 6.07) is 8.88. The number of piperidine rings is 1. The number of likely N-dealkylation sites (tertiary alicyclic amines) is 1. The van der Waals surface area contributed by atoms with Crippen molar-refractivity contribution in [3.8, 4) is 6.07 Å². The molecular formula is C23H20ClF4N3O2. The normalized spacial score (nSPS) is 22.8. The third-order valence-electron chi connectivity index (χ3n) is 6.63. The van der Waals surface area contributed by atoms with Crippen LogP contribution in [0, 0.1) is 28.5 Å². The Morgan fingerprint density at radius 3 is 2.64 bits per heavy atom. The highest BCUT2D eigenvalue weighted by atomic mass is 35.5. The number of benzene rings is 2. The van der Waals surface area contributed by atoms with Crippen molar-refractivity contribution in [1.82, 2.24) is 4.90 Å². The molecular weight excluding hydrogens is 462 g/mol. The van der Waals surface area contributed by atoms with Gasteiger partial charge in [0.05, 0.1) is 28.8 Å². The molecule has 0 bridgehead atoms. The Bertz CT molecular complexity index is 1130. The number of nitriles is 1. The molecule has 10 heteroatoms. The van der Waals surface area contributed by atoms with Crippen LogP contribution < -0.4 is 4.90 Å². The van der Waals surface area contributed by atoms with E-state index < -0.39 is 28.5 Å². The Hall–Kier alpha value is -2.83. The van der Waals surface area contributed by atoms with E-state index in [1.165, 1.54) is 18.2 Å². The zero-order valence-corrected chi connectivity index (χ0v) is 18.1. The number of anilines is 1. The third kappa shape index (κ3) is 4.25. The lowest BCUT2D eigenvalue weighted by Gasteiger charge is -2.44. The van der Waals surface area contributed by atoms with Gasteiger partial charge in [-0.2, -0.15) is 18.4 Å². The molecule has 2 aromatic carbocycles. The number of fused-ring (bicyclic) bond motifs is 1. The Balaban J connectivity index is 1.58. The van der Waals surface area contributed by atoms with E-state index in [0.717, 1.165) is 18.2 Å². The first-order chi connectivity index (χ1) is 15.6. The second kappa shape index (κ2) is 8.50. The summed E-state index contributed by atoms with van der Waals surface area (Å²) in [6.07, 6.45) is -4.10. The minimum Gasteiger partial charge on any atom is -0.396 e. The molecule has 2 aromatic rings. The lowest BCUT2D eigenvalue weighted by atomic mass is 9.74. The second-order valence-electron chi connectivity index (χ2n) is 8.58. The van der Waals surface area contributed by atoms with Gasteiger partial charge >= 0.3 is 6.18 Å². The average Bonchev–Trinajstić information content (AvgIpc) is 3.19. The predicted molar refractivity (Wildman–Crippen MR) is 113 cm³/mol. The average molecular weight is 482 g/mol. The SMILES string of the molecule is N#Cc1ccc(N2CC[C@@H]3CN(C(=O)c4ccc(F)c(Cl)c4)C[C@]3(CO)C2)cc1C(F)(F)F. The van der Waals surface area contributed by atoms with Crippen molar-refractivity contribution in [1.29, 1.82) is 5.26 Å². The van der Waals surface area contributed by atoms with Crippen LogP contribution in [0.1, 0.15) is 27.9 Å². The number of halogens is 5. The Morgan fingerprint density at radius 2 is 2.00 bits per heavy atom. The quantitative estimate of drug-likeness (QED) is 0.663.